The molecule has 0 aromatic heterocycles. The molecular weight excluding hydrogens is 282 g/mol. The maximum Gasteiger partial charge on any atom is 0.308 e. The minimum absolute atomic E-state index is 0.241. The molecule has 0 bridgehead atoms. The first kappa shape index (κ1) is 20.9. The summed E-state index contributed by atoms with van der Waals surface area (Å²) in [5.41, 5.74) is 0. The molecule has 0 aromatic carbocycles. The molecule has 1 amide bonds. The molecule has 2 unspecified atom stereocenters. The van der Waals surface area contributed by atoms with Crippen molar-refractivity contribution < 1.29 is 19.5 Å². The van der Waals surface area contributed by atoms with Crippen molar-refractivity contribution >= 4 is 11.9 Å². The van der Waals surface area contributed by atoms with Crippen molar-refractivity contribution in [1.29, 1.82) is 0 Å². The van der Waals surface area contributed by atoms with Gasteiger partial charge in [0.2, 0.25) is 5.91 Å². The Morgan fingerprint density at radius 1 is 1.09 bits per heavy atom. The van der Waals surface area contributed by atoms with Crippen LogP contribution in [0.15, 0.2) is 0 Å². The lowest BCUT2D eigenvalue weighted by Crippen LogP contribution is -2.40. The number of carbonyl (C=O) groups is 2. The molecule has 0 aliphatic rings. The number of hydrogen-bond donors (Lipinski definition) is 1. The summed E-state index contributed by atoms with van der Waals surface area (Å²) in [5, 5.41) is 11.1. The SMILES string of the molecule is CCCCCC(=O)N(O)C(CCCC)CC(CC)C(=O)OC. The second-order valence-corrected chi connectivity index (χ2v) is 5.86. The fourth-order valence-electron chi connectivity index (χ4n) is 2.55. The van der Waals surface area contributed by atoms with E-state index in [0.717, 1.165) is 37.2 Å². The molecule has 0 aliphatic carbocycles. The van der Waals surface area contributed by atoms with Crippen LogP contribution in [0.3, 0.4) is 0 Å². The summed E-state index contributed by atoms with van der Waals surface area (Å²) >= 11 is 0. The third-order valence-corrected chi connectivity index (χ3v) is 4.07. The summed E-state index contributed by atoms with van der Waals surface area (Å²) in [6.07, 6.45) is 6.90. The van der Waals surface area contributed by atoms with Gasteiger partial charge in [-0.25, -0.2) is 5.06 Å². The van der Waals surface area contributed by atoms with Crippen LogP contribution in [0.2, 0.25) is 0 Å². The van der Waals surface area contributed by atoms with Gasteiger partial charge in [0, 0.05) is 6.42 Å². The maximum atomic E-state index is 12.1. The summed E-state index contributed by atoms with van der Waals surface area (Å²) < 4.78 is 4.80. The Balaban J connectivity index is 4.71. The quantitative estimate of drug-likeness (QED) is 0.256. The van der Waals surface area contributed by atoms with Gasteiger partial charge in [-0.1, -0.05) is 46.5 Å². The third kappa shape index (κ3) is 7.78. The number of unbranched alkanes of at least 4 members (excludes halogenated alkanes) is 3. The van der Waals surface area contributed by atoms with E-state index in [4.69, 9.17) is 4.74 Å². The van der Waals surface area contributed by atoms with Crippen LogP contribution in [-0.4, -0.2) is 35.3 Å². The summed E-state index contributed by atoms with van der Waals surface area (Å²) in [7, 11) is 1.37. The second-order valence-electron chi connectivity index (χ2n) is 5.86. The molecule has 0 rings (SSSR count). The third-order valence-electron chi connectivity index (χ3n) is 4.07. The van der Waals surface area contributed by atoms with E-state index in [0.29, 0.717) is 25.7 Å². The smallest absolute Gasteiger partial charge is 0.308 e. The number of esters is 1. The second kappa shape index (κ2) is 12.4. The monoisotopic (exact) mass is 315 g/mol. The first-order valence-corrected chi connectivity index (χ1v) is 8.60. The molecule has 0 spiro atoms. The van der Waals surface area contributed by atoms with E-state index in [1.165, 1.54) is 7.11 Å². The Morgan fingerprint density at radius 3 is 2.23 bits per heavy atom. The first-order chi connectivity index (χ1) is 10.5. The average Bonchev–Trinajstić information content (AvgIpc) is 2.54. The normalized spacial score (nSPS) is 13.5. The van der Waals surface area contributed by atoms with Gasteiger partial charge in [0.1, 0.15) is 0 Å². The molecule has 0 heterocycles. The van der Waals surface area contributed by atoms with E-state index in [-0.39, 0.29) is 23.8 Å². The number of methoxy groups -OCH3 is 1. The van der Waals surface area contributed by atoms with E-state index in [2.05, 4.69) is 13.8 Å². The zero-order valence-electron chi connectivity index (χ0n) is 14.6. The van der Waals surface area contributed by atoms with Crippen molar-refractivity contribution in [1.82, 2.24) is 5.06 Å². The Hall–Kier alpha value is -1.10. The van der Waals surface area contributed by atoms with E-state index in [1.807, 2.05) is 6.92 Å². The van der Waals surface area contributed by atoms with Gasteiger partial charge >= 0.3 is 5.97 Å². The van der Waals surface area contributed by atoms with Crippen molar-refractivity contribution in [3.8, 4) is 0 Å². The van der Waals surface area contributed by atoms with Crippen LogP contribution < -0.4 is 0 Å². The van der Waals surface area contributed by atoms with Crippen molar-refractivity contribution in [2.75, 3.05) is 7.11 Å². The zero-order chi connectivity index (χ0) is 17.0. The van der Waals surface area contributed by atoms with Crippen molar-refractivity contribution in [3.05, 3.63) is 0 Å². The number of rotatable bonds is 12. The molecule has 0 aliphatic heterocycles. The lowest BCUT2D eigenvalue weighted by atomic mass is 9.93. The zero-order valence-corrected chi connectivity index (χ0v) is 14.6. The fraction of sp³-hybridized carbons (Fsp3) is 0.882. The molecule has 5 heteroatoms. The van der Waals surface area contributed by atoms with Gasteiger partial charge in [0.25, 0.3) is 0 Å². The number of carbonyl (C=O) groups excluding carboxylic acids is 2. The molecule has 0 radical (unpaired) electrons. The maximum absolute atomic E-state index is 12.1. The molecule has 0 aromatic rings. The van der Waals surface area contributed by atoms with E-state index < -0.39 is 0 Å². The van der Waals surface area contributed by atoms with Crippen LogP contribution in [0.25, 0.3) is 0 Å². The Kier molecular flexibility index (Phi) is 11.8. The lowest BCUT2D eigenvalue weighted by Gasteiger charge is -2.28. The van der Waals surface area contributed by atoms with Gasteiger partial charge in [-0.05, 0) is 25.7 Å². The van der Waals surface area contributed by atoms with Crippen molar-refractivity contribution in [2.24, 2.45) is 5.92 Å². The fourth-order valence-corrected chi connectivity index (χ4v) is 2.55. The molecule has 22 heavy (non-hydrogen) atoms. The number of ether oxygens (including phenoxy) is 1. The number of hydrogen-bond acceptors (Lipinski definition) is 4. The standard InChI is InChI=1S/C17H33NO4/c1-5-8-10-12-16(19)18(21)15(11-9-6-2)13-14(7-3)17(20)22-4/h14-15,21H,5-13H2,1-4H3. The summed E-state index contributed by atoms with van der Waals surface area (Å²) in [6, 6.07) is -0.307. The van der Waals surface area contributed by atoms with Gasteiger partial charge < -0.3 is 4.74 Å². The predicted molar refractivity (Wildman–Crippen MR) is 86.5 cm³/mol. The minimum atomic E-state index is -0.307. The van der Waals surface area contributed by atoms with Crippen LogP contribution in [-0.2, 0) is 14.3 Å². The Morgan fingerprint density at radius 2 is 1.73 bits per heavy atom. The first-order valence-electron chi connectivity index (χ1n) is 8.60. The van der Waals surface area contributed by atoms with Crippen molar-refractivity contribution in [2.45, 2.75) is 84.6 Å². The lowest BCUT2D eigenvalue weighted by molar-refractivity contribution is -0.179. The van der Waals surface area contributed by atoms with Crippen LogP contribution in [0.5, 0.6) is 0 Å². The molecule has 130 valence electrons. The van der Waals surface area contributed by atoms with Gasteiger partial charge in [0.05, 0.1) is 19.1 Å². The predicted octanol–water partition coefficient (Wildman–Crippen LogP) is 3.93. The number of hydroxylamine groups is 2. The number of nitrogens with zero attached hydrogens (tertiary/aromatic N) is 1. The summed E-state index contributed by atoms with van der Waals surface area (Å²) in [6.45, 7) is 6.07. The Bertz CT molecular complexity index is 320. The Labute approximate surface area is 135 Å². The summed E-state index contributed by atoms with van der Waals surface area (Å²) in [4.78, 5) is 23.8. The minimum Gasteiger partial charge on any atom is -0.469 e. The van der Waals surface area contributed by atoms with Crippen LogP contribution in [0, 0.1) is 5.92 Å². The molecule has 0 fully saturated rings. The summed E-state index contributed by atoms with van der Waals surface area (Å²) in [5.74, 6) is -0.782. The molecular formula is C17H33NO4. The van der Waals surface area contributed by atoms with Crippen LogP contribution >= 0.6 is 0 Å². The molecule has 2 atom stereocenters. The molecule has 0 saturated heterocycles. The van der Waals surface area contributed by atoms with Gasteiger partial charge in [-0.2, -0.15) is 0 Å². The average molecular weight is 315 g/mol. The van der Waals surface area contributed by atoms with Gasteiger partial charge in [0.15, 0.2) is 0 Å². The van der Waals surface area contributed by atoms with E-state index in [1.54, 1.807) is 0 Å². The highest BCUT2D eigenvalue weighted by Gasteiger charge is 2.28. The molecule has 1 N–H and O–H groups in total. The van der Waals surface area contributed by atoms with Gasteiger partial charge in [-0.3, -0.25) is 14.8 Å². The van der Waals surface area contributed by atoms with Crippen LogP contribution in [0.1, 0.15) is 78.6 Å². The highest BCUT2D eigenvalue weighted by Crippen LogP contribution is 2.21. The number of amides is 1. The van der Waals surface area contributed by atoms with Gasteiger partial charge in [-0.15, -0.1) is 0 Å². The van der Waals surface area contributed by atoms with Crippen LogP contribution in [0.4, 0.5) is 0 Å². The van der Waals surface area contributed by atoms with E-state index in [9.17, 15) is 14.8 Å². The molecule has 0 saturated carbocycles. The van der Waals surface area contributed by atoms with E-state index >= 15 is 0 Å². The van der Waals surface area contributed by atoms with Crippen molar-refractivity contribution in [3.63, 3.8) is 0 Å². The largest absolute Gasteiger partial charge is 0.469 e. The molecule has 5 nitrogen and oxygen atoms in total. The highest BCUT2D eigenvalue weighted by molar-refractivity contribution is 5.75. The highest BCUT2D eigenvalue weighted by atomic mass is 16.5. The topological polar surface area (TPSA) is 66.8 Å².